The molecule has 2 heterocycles. The molecule has 4 rings (SSSR count). The summed E-state index contributed by atoms with van der Waals surface area (Å²) in [6.07, 6.45) is 2.34. The average molecular weight is 407 g/mol. The normalized spacial score (nSPS) is 11.0. The SMILES string of the molecule is Cc1cc(-c2ccc([N+](=O)[O-])cc2)oc1C(=O)NCCc1c[nH]c2ccc(F)cc12. The lowest BCUT2D eigenvalue weighted by molar-refractivity contribution is -0.384. The monoisotopic (exact) mass is 407 g/mol. The van der Waals surface area contributed by atoms with Gasteiger partial charge < -0.3 is 14.7 Å². The Kier molecular flexibility index (Phi) is 5.05. The minimum absolute atomic E-state index is 0.0165. The van der Waals surface area contributed by atoms with Crippen LogP contribution in [0.5, 0.6) is 0 Å². The Morgan fingerprint density at radius 1 is 1.20 bits per heavy atom. The van der Waals surface area contributed by atoms with Crippen LogP contribution in [0.2, 0.25) is 0 Å². The number of hydrogen-bond donors (Lipinski definition) is 2. The van der Waals surface area contributed by atoms with Gasteiger partial charge in [0.05, 0.1) is 4.92 Å². The first-order chi connectivity index (χ1) is 14.4. The molecule has 2 N–H and O–H groups in total. The second-order valence-corrected chi connectivity index (χ2v) is 6.94. The third-order valence-electron chi connectivity index (χ3n) is 4.90. The first kappa shape index (κ1) is 19.4. The van der Waals surface area contributed by atoms with Crippen LogP contribution in [-0.4, -0.2) is 22.4 Å². The van der Waals surface area contributed by atoms with Crippen LogP contribution in [-0.2, 0) is 6.42 Å². The molecule has 0 radical (unpaired) electrons. The van der Waals surface area contributed by atoms with Crippen molar-refractivity contribution in [2.24, 2.45) is 0 Å². The number of amides is 1. The molecule has 0 aliphatic carbocycles. The van der Waals surface area contributed by atoms with Crippen LogP contribution in [0.25, 0.3) is 22.2 Å². The van der Waals surface area contributed by atoms with E-state index in [9.17, 15) is 19.3 Å². The van der Waals surface area contributed by atoms with Gasteiger partial charge in [-0.15, -0.1) is 0 Å². The molecular weight excluding hydrogens is 389 g/mol. The number of aromatic amines is 1. The maximum Gasteiger partial charge on any atom is 0.287 e. The second-order valence-electron chi connectivity index (χ2n) is 6.94. The number of nitro benzene ring substituents is 1. The third kappa shape index (κ3) is 3.80. The van der Waals surface area contributed by atoms with Crippen molar-refractivity contribution >= 4 is 22.5 Å². The lowest BCUT2D eigenvalue weighted by Crippen LogP contribution is -2.25. The van der Waals surface area contributed by atoms with Gasteiger partial charge in [0.15, 0.2) is 5.76 Å². The highest BCUT2D eigenvalue weighted by atomic mass is 19.1. The van der Waals surface area contributed by atoms with Gasteiger partial charge in [-0.1, -0.05) is 0 Å². The maximum absolute atomic E-state index is 13.5. The highest BCUT2D eigenvalue weighted by Crippen LogP contribution is 2.27. The summed E-state index contributed by atoms with van der Waals surface area (Å²) in [6, 6.07) is 12.2. The van der Waals surface area contributed by atoms with Gasteiger partial charge in [-0.25, -0.2) is 4.39 Å². The highest BCUT2D eigenvalue weighted by Gasteiger charge is 2.17. The number of fused-ring (bicyclic) bond motifs is 1. The number of benzene rings is 2. The number of aromatic nitrogens is 1. The summed E-state index contributed by atoms with van der Waals surface area (Å²) in [5.74, 6) is -0.0166. The molecular formula is C22H18FN3O4. The molecule has 7 nitrogen and oxygen atoms in total. The van der Waals surface area contributed by atoms with Gasteiger partial charge in [0.1, 0.15) is 11.6 Å². The zero-order valence-electron chi connectivity index (χ0n) is 16.1. The summed E-state index contributed by atoms with van der Waals surface area (Å²) in [5, 5.41) is 14.4. The molecule has 152 valence electrons. The zero-order valence-corrected chi connectivity index (χ0v) is 16.1. The number of nitrogens with one attached hydrogen (secondary N) is 2. The molecule has 0 aliphatic heterocycles. The molecule has 0 fully saturated rings. The maximum atomic E-state index is 13.5. The predicted octanol–water partition coefficient (Wildman–Crippen LogP) is 4.76. The van der Waals surface area contributed by atoms with Crippen molar-refractivity contribution in [1.82, 2.24) is 10.3 Å². The fourth-order valence-electron chi connectivity index (χ4n) is 3.35. The van der Waals surface area contributed by atoms with Crippen molar-refractivity contribution in [3.63, 3.8) is 0 Å². The molecule has 0 spiro atoms. The number of H-pyrrole nitrogens is 1. The van der Waals surface area contributed by atoms with Gasteiger partial charge in [0, 0.05) is 46.9 Å². The van der Waals surface area contributed by atoms with E-state index in [0.29, 0.717) is 29.9 Å². The number of furan rings is 1. The van der Waals surface area contributed by atoms with Crippen molar-refractivity contribution in [2.75, 3.05) is 6.54 Å². The van der Waals surface area contributed by atoms with E-state index in [0.717, 1.165) is 16.5 Å². The number of nitrogens with zero attached hydrogens (tertiary/aromatic N) is 1. The number of hydrogen-bond acceptors (Lipinski definition) is 4. The smallest absolute Gasteiger partial charge is 0.287 e. The molecule has 0 bridgehead atoms. The van der Waals surface area contributed by atoms with Crippen LogP contribution in [0, 0.1) is 22.9 Å². The second kappa shape index (κ2) is 7.82. The summed E-state index contributed by atoms with van der Waals surface area (Å²) < 4.78 is 19.2. The molecule has 8 heteroatoms. The van der Waals surface area contributed by atoms with E-state index in [1.54, 1.807) is 37.4 Å². The van der Waals surface area contributed by atoms with Gasteiger partial charge in [-0.3, -0.25) is 14.9 Å². The van der Waals surface area contributed by atoms with Gasteiger partial charge in [-0.05, 0) is 55.3 Å². The van der Waals surface area contributed by atoms with Crippen LogP contribution in [0.3, 0.4) is 0 Å². The van der Waals surface area contributed by atoms with E-state index in [2.05, 4.69) is 10.3 Å². The Labute approximate surface area is 170 Å². The van der Waals surface area contributed by atoms with Crippen LogP contribution in [0.4, 0.5) is 10.1 Å². The van der Waals surface area contributed by atoms with Crippen LogP contribution in [0.15, 0.2) is 59.1 Å². The molecule has 30 heavy (non-hydrogen) atoms. The van der Waals surface area contributed by atoms with E-state index >= 15 is 0 Å². The van der Waals surface area contributed by atoms with Crippen LogP contribution >= 0.6 is 0 Å². The summed E-state index contributed by atoms with van der Waals surface area (Å²) in [4.78, 5) is 25.9. The summed E-state index contributed by atoms with van der Waals surface area (Å²) in [6.45, 7) is 2.12. The number of halogens is 1. The van der Waals surface area contributed by atoms with Gasteiger partial charge in [0.2, 0.25) is 0 Å². The molecule has 1 amide bonds. The predicted molar refractivity (Wildman–Crippen MR) is 110 cm³/mol. The Bertz CT molecular complexity index is 1240. The van der Waals surface area contributed by atoms with E-state index in [1.807, 2.05) is 0 Å². The van der Waals surface area contributed by atoms with Crippen LogP contribution in [0.1, 0.15) is 21.7 Å². The van der Waals surface area contributed by atoms with Crippen molar-refractivity contribution in [3.8, 4) is 11.3 Å². The van der Waals surface area contributed by atoms with Gasteiger partial charge in [-0.2, -0.15) is 0 Å². The number of nitro groups is 1. The molecule has 4 aromatic rings. The quantitative estimate of drug-likeness (QED) is 0.355. The molecule has 0 saturated carbocycles. The topological polar surface area (TPSA) is 101 Å². The van der Waals surface area contributed by atoms with E-state index in [4.69, 9.17) is 4.42 Å². The highest BCUT2D eigenvalue weighted by molar-refractivity contribution is 5.93. The molecule has 2 aromatic heterocycles. The number of rotatable bonds is 6. The Morgan fingerprint density at radius 2 is 1.97 bits per heavy atom. The largest absolute Gasteiger partial charge is 0.451 e. The molecule has 0 atom stereocenters. The van der Waals surface area contributed by atoms with Crippen LogP contribution < -0.4 is 5.32 Å². The first-order valence-corrected chi connectivity index (χ1v) is 9.31. The molecule has 0 saturated heterocycles. The summed E-state index contributed by atoms with van der Waals surface area (Å²) in [7, 11) is 0. The number of non-ortho nitro benzene ring substituents is 1. The van der Waals surface area contributed by atoms with Gasteiger partial charge in [0.25, 0.3) is 11.6 Å². The third-order valence-corrected chi connectivity index (χ3v) is 4.90. The van der Waals surface area contributed by atoms with Crippen molar-refractivity contribution in [2.45, 2.75) is 13.3 Å². The van der Waals surface area contributed by atoms with Gasteiger partial charge >= 0.3 is 0 Å². The number of carbonyl (C=O) groups is 1. The van der Waals surface area contributed by atoms with E-state index in [1.165, 1.54) is 24.3 Å². The first-order valence-electron chi connectivity index (χ1n) is 9.31. The Morgan fingerprint density at radius 3 is 2.70 bits per heavy atom. The number of carbonyl (C=O) groups excluding carboxylic acids is 1. The molecule has 2 aromatic carbocycles. The lowest BCUT2D eigenvalue weighted by Gasteiger charge is -2.04. The zero-order chi connectivity index (χ0) is 21.3. The standard InChI is InChI=1S/C22H18FN3O4/c1-13-10-20(14-2-5-17(6-3-14)26(28)29)30-21(13)22(27)24-9-8-15-12-25-19-7-4-16(23)11-18(15)19/h2-7,10-12,25H,8-9H2,1H3,(H,24,27). The minimum atomic E-state index is -0.474. The van der Waals surface area contributed by atoms with E-state index in [-0.39, 0.29) is 23.2 Å². The lowest BCUT2D eigenvalue weighted by atomic mass is 10.1. The van der Waals surface area contributed by atoms with Crippen molar-refractivity contribution in [3.05, 3.63) is 87.5 Å². The fourth-order valence-corrected chi connectivity index (χ4v) is 3.35. The Balaban J connectivity index is 1.43. The van der Waals surface area contributed by atoms with E-state index < -0.39 is 4.92 Å². The molecule has 0 aliphatic rings. The molecule has 0 unspecified atom stereocenters. The van der Waals surface area contributed by atoms with Crippen molar-refractivity contribution < 1.29 is 18.5 Å². The minimum Gasteiger partial charge on any atom is -0.451 e. The van der Waals surface area contributed by atoms with Crippen molar-refractivity contribution in [1.29, 1.82) is 0 Å². The average Bonchev–Trinajstić information content (AvgIpc) is 3.31. The Hall–Kier alpha value is -3.94. The summed E-state index contributed by atoms with van der Waals surface area (Å²) in [5.41, 5.74) is 3.04. The summed E-state index contributed by atoms with van der Waals surface area (Å²) >= 11 is 0. The fraction of sp³-hybridized carbons (Fsp3) is 0.136. The number of aryl methyl sites for hydroxylation is 1.